The number of carbonyl (C=O) groups excluding carboxylic acids is 2. The Morgan fingerprint density at radius 1 is 1.27 bits per heavy atom. The maximum Gasteiger partial charge on any atom is 0.321 e. The summed E-state index contributed by atoms with van der Waals surface area (Å²) in [5, 5.41) is 6.18. The van der Waals surface area contributed by atoms with Gasteiger partial charge in [-0.05, 0) is 31.9 Å². The Hall–Kier alpha value is -2.35. The Morgan fingerprint density at radius 2 is 2.00 bits per heavy atom. The fraction of sp³-hybridized carbons (Fsp3) is 0.444. The van der Waals surface area contributed by atoms with Gasteiger partial charge < -0.3 is 5.32 Å². The number of nitrogens with one attached hydrogen (secondary N) is 2. The fourth-order valence-electron chi connectivity index (χ4n) is 3.12. The van der Waals surface area contributed by atoms with Gasteiger partial charge in [-0.2, -0.15) is 0 Å². The second-order valence-corrected chi connectivity index (χ2v) is 7.20. The SMILES string of the molecule is CCn1c(SCC(=O)NC(=O)NC2CCCC2)nc2ccccc2c1=O. The predicted molar refractivity (Wildman–Crippen MR) is 101 cm³/mol. The van der Waals surface area contributed by atoms with Crippen LogP contribution in [0.25, 0.3) is 10.9 Å². The van der Waals surface area contributed by atoms with Crippen molar-refractivity contribution < 1.29 is 9.59 Å². The van der Waals surface area contributed by atoms with E-state index in [0.717, 1.165) is 37.4 Å². The lowest BCUT2D eigenvalue weighted by Crippen LogP contribution is -2.44. The van der Waals surface area contributed by atoms with E-state index in [2.05, 4.69) is 15.6 Å². The number of fused-ring (bicyclic) bond motifs is 1. The van der Waals surface area contributed by atoms with Crippen LogP contribution < -0.4 is 16.2 Å². The van der Waals surface area contributed by atoms with E-state index in [4.69, 9.17) is 0 Å². The molecular weight excluding hydrogens is 352 g/mol. The molecule has 1 saturated carbocycles. The van der Waals surface area contributed by atoms with Gasteiger partial charge >= 0.3 is 6.03 Å². The van der Waals surface area contributed by atoms with Crippen LogP contribution in [0.1, 0.15) is 32.6 Å². The van der Waals surface area contributed by atoms with Crippen molar-refractivity contribution >= 4 is 34.6 Å². The summed E-state index contributed by atoms with van der Waals surface area (Å²) < 4.78 is 1.54. The van der Waals surface area contributed by atoms with Crippen LogP contribution in [-0.4, -0.2) is 33.3 Å². The molecule has 1 aromatic heterocycles. The van der Waals surface area contributed by atoms with Gasteiger partial charge in [-0.25, -0.2) is 9.78 Å². The maximum absolute atomic E-state index is 12.5. The fourth-order valence-corrected chi connectivity index (χ4v) is 3.98. The second kappa shape index (κ2) is 8.35. The Bertz CT molecular complexity index is 874. The summed E-state index contributed by atoms with van der Waals surface area (Å²) in [5.41, 5.74) is 0.476. The van der Waals surface area contributed by atoms with Gasteiger partial charge in [0.25, 0.3) is 5.56 Å². The van der Waals surface area contributed by atoms with Gasteiger partial charge in [0, 0.05) is 12.6 Å². The molecule has 7 nitrogen and oxygen atoms in total. The molecule has 0 aliphatic heterocycles. The van der Waals surface area contributed by atoms with Crippen LogP contribution in [0.3, 0.4) is 0 Å². The van der Waals surface area contributed by atoms with Gasteiger partial charge in [0.15, 0.2) is 5.16 Å². The first kappa shape index (κ1) is 18.4. The van der Waals surface area contributed by atoms with Crippen LogP contribution in [0.4, 0.5) is 4.79 Å². The second-order valence-electron chi connectivity index (χ2n) is 6.25. The predicted octanol–water partition coefficient (Wildman–Crippen LogP) is 2.28. The number of amides is 3. The molecule has 138 valence electrons. The summed E-state index contributed by atoms with van der Waals surface area (Å²) >= 11 is 1.15. The normalized spacial score (nSPS) is 14.5. The first-order valence-corrected chi connectivity index (χ1v) is 9.79. The van der Waals surface area contributed by atoms with Gasteiger partial charge in [0.05, 0.1) is 16.7 Å². The molecule has 1 aliphatic rings. The number of nitrogens with zero attached hydrogens (tertiary/aromatic N) is 2. The van der Waals surface area contributed by atoms with Gasteiger partial charge in [0.1, 0.15) is 0 Å². The maximum atomic E-state index is 12.5. The van der Waals surface area contributed by atoms with E-state index in [1.165, 1.54) is 0 Å². The molecule has 0 atom stereocenters. The molecule has 1 fully saturated rings. The highest BCUT2D eigenvalue weighted by Gasteiger charge is 2.18. The van der Waals surface area contributed by atoms with E-state index in [9.17, 15) is 14.4 Å². The van der Waals surface area contributed by atoms with E-state index < -0.39 is 11.9 Å². The van der Waals surface area contributed by atoms with Crippen LogP contribution >= 0.6 is 11.8 Å². The van der Waals surface area contributed by atoms with Crippen molar-refractivity contribution in [2.75, 3.05) is 5.75 Å². The largest absolute Gasteiger partial charge is 0.335 e. The lowest BCUT2D eigenvalue weighted by Gasteiger charge is -2.13. The molecule has 1 aliphatic carbocycles. The number of benzene rings is 1. The summed E-state index contributed by atoms with van der Waals surface area (Å²) in [7, 11) is 0. The zero-order chi connectivity index (χ0) is 18.5. The number of urea groups is 1. The Labute approximate surface area is 155 Å². The number of hydrogen-bond acceptors (Lipinski definition) is 5. The van der Waals surface area contributed by atoms with Crippen molar-refractivity contribution in [3.8, 4) is 0 Å². The summed E-state index contributed by atoms with van der Waals surface area (Å²) in [6.45, 7) is 2.32. The zero-order valence-electron chi connectivity index (χ0n) is 14.7. The van der Waals surface area contributed by atoms with Crippen LogP contribution in [0.5, 0.6) is 0 Å². The molecule has 2 aromatic rings. The molecule has 0 unspecified atom stereocenters. The molecule has 1 aromatic carbocycles. The zero-order valence-corrected chi connectivity index (χ0v) is 15.5. The van der Waals surface area contributed by atoms with Crippen molar-refractivity contribution in [3.63, 3.8) is 0 Å². The van der Waals surface area contributed by atoms with Crippen LogP contribution in [0.2, 0.25) is 0 Å². The summed E-state index contributed by atoms with van der Waals surface area (Å²) in [5.74, 6) is -0.390. The third-order valence-corrected chi connectivity index (χ3v) is 5.39. The highest BCUT2D eigenvalue weighted by Crippen LogP contribution is 2.18. The minimum absolute atomic E-state index is 0.0167. The van der Waals surface area contributed by atoms with Crippen LogP contribution in [-0.2, 0) is 11.3 Å². The molecule has 0 saturated heterocycles. The van der Waals surface area contributed by atoms with E-state index >= 15 is 0 Å². The Morgan fingerprint density at radius 3 is 2.73 bits per heavy atom. The number of hydrogen-bond donors (Lipinski definition) is 2. The van der Waals surface area contributed by atoms with E-state index in [1.54, 1.807) is 22.8 Å². The Balaban J connectivity index is 1.64. The van der Waals surface area contributed by atoms with Gasteiger partial charge in [-0.15, -0.1) is 0 Å². The molecule has 1 heterocycles. The first-order valence-electron chi connectivity index (χ1n) is 8.81. The van der Waals surface area contributed by atoms with Gasteiger partial charge in [0.2, 0.25) is 5.91 Å². The average Bonchev–Trinajstić information content (AvgIpc) is 3.13. The quantitative estimate of drug-likeness (QED) is 0.619. The standard InChI is InChI=1S/C18H22N4O3S/c1-2-22-16(24)13-9-5-6-10-14(13)20-18(22)26-11-15(23)21-17(25)19-12-7-3-4-8-12/h5-6,9-10,12H,2-4,7-8,11H2,1H3,(H2,19,21,23,25). The lowest BCUT2D eigenvalue weighted by atomic mass is 10.2. The molecule has 3 rings (SSSR count). The van der Waals surface area contributed by atoms with E-state index in [1.807, 2.05) is 13.0 Å². The molecule has 8 heteroatoms. The number of para-hydroxylation sites is 1. The minimum atomic E-state index is -0.457. The highest BCUT2D eigenvalue weighted by atomic mass is 32.2. The number of imide groups is 1. The monoisotopic (exact) mass is 374 g/mol. The number of carbonyl (C=O) groups is 2. The topological polar surface area (TPSA) is 93.1 Å². The highest BCUT2D eigenvalue weighted by molar-refractivity contribution is 7.99. The minimum Gasteiger partial charge on any atom is -0.335 e. The molecule has 0 bridgehead atoms. The van der Waals surface area contributed by atoms with Crippen molar-refractivity contribution in [3.05, 3.63) is 34.6 Å². The van der Waals surface area contributed by atoms with Crippen molar-refractivity contribution in [2.45, 2.75) is 50.4 Å². The summed E-state index contributed by atoms with van der Waals surface area (Å²) in [6.07, 6.45) is 4.13. The number of thioether (sulfide) groups is 1. The molecule has 2 N–H and O–H groups in total. The summed E-state index contributed by atoms with van der Waals surface area (Å²) in [6, 6.07) is 6.83. The third-order valence-electron chi connectivity index (χ3n) is 4.42. The van der Waals surface area contributed by atoms with E-state index in [0.29, 0.717) is 22.6 Å². The molecule has 0 radical (unpaired) electrons. The summed E-state index contributed by atoms with van der Waals surface area (Å²) in [4.78, 5) is 40.9. The molecular formula is C18H22N4O3S. The molecule has 26 heavy (non-hydrogen) atoms. The van der Waals surface area contributed by atoms with Crippen LogP contribution in [0.15, 0.2) is 34.2 Å². The van der Waals surface area contributed by atoms with Crippen molar-refractivity contribution in [1.29, 1.82) is 0 Å². The average molecular weight is 374 g/mol. The first-order chi connectivity index (χ1) is 12.6. The van der Waals surface area contributed by atoms with Crippen molar-refractivity contribution in [2.24, 2.45) is 0 Å². The van der Waals surface area contributed by atoms with E-state index in [-0.39, 0.29) is 17.4 Å². The molecule has 0 spiro atoms. The number of rotatable bonds is 5. The molecule has 3 amide bonds. The lowest BCUT2D eigenvalue weighted by molar-refractivity contribution is -0.117. The van der Waals surface area contributed by atoms with Gasteiger partial charge in [-0.3, -0.25) is 19.5 Å². The third kappa shape index (κ3) is 4.24. The van der Waals surface area contributed by atoms with Crippen molar-refractivity contribution in [1.82, 2.24) is 20.2 Å². The Kier molecular flexibility index (Phi) is 5.92. The van der Waals surface area contributed by atoms with Gasteiger partial charge in [-0.1, -0.05) is 36.7 Å². The van der Waals surface area contributed by atoms with Crippen LogP contribution in [0, 0.1) is 0 Å². The number of aromatic nitrogens is 2. The smallest absolute Gasteiger partial charge is 0.321 e.